The maximum Gasteiger partial charge on any atom is 0.258 e. The molecule has 1 aliphatic carbocycles. The highest BCUT2D eigenvalue weighted by Gasteiger charge is 2.23. The molecule has 2 aromatic carbocycles. The van der Waals surface area contributed by atoms with Crippen molar-refractivity contribution in [3.05, 3.63) is 42.5 Å². The molecule has 0 saturated heterocycles. The molecular formula is C20H20N2O4. The van der Waals surface area contributed by atoms with Crippen molar-refractivity contribution in [2.75, 3.05) is 20.8 Å². The SMILES string of the molecule is COc1cccc(-c2nc(-c3ccc(OCC4CC4)c(OC)c3)no2)c1. The van der Waals surface area contributed by atoms with Crippen LogP contribution in [-0.2, 0) is 0 Å². The van der Waals surface area contributed by atoms with Crippen molar-refractivity contribution < 1.29 is 18.7 Å². The molecule has 0 N–H and O–H groups in total. The van der Waals surface area contributed by atoms with E-state index >= 15 is 0 Å². The first kappa shape index (κ1) is 16.4. The second-order valence-electron chi connectivity index (χ2n) is 6.28. The summed E-state index contributed by atoms with van der Waals surface area (Å²) < 4.78 is 21.9. The Morgan fingerprint density at radius 2 is 1.88 bits per heavy atom. The van der Waals surface area contributed by atoms with E-state index in [0.29, 0.717) is 23.4 Å². The van der Waals surface area contributed by atoms with Crippen LogP contribution in [0.3, 0.4) is 0 Å². The molecule has 134 valence electrons. The van der Waals surface area contributed by atoms with Crippen LogP contribution < -0.4 is 14.2 Å². The number of methoxy groups -OCH3 is 2. The van der Waals surface area contributed by atoms with E-state index in [1.165, 1.54) is 12.8 Å². The first-order chi connectivity index (χ1) is 12.8. The topological polar surface area (TPSA) is 66.6 Å². The van der Waals surface area contributed by atoms with E-state index in [0.717, 1.165) is 29.2 Å². The zero-order valence-corrected chi connectivity index (χ0v) is 14.8. The molecule has 3 aromatic rings. The Kier molecular flexibility index (Phi) is 4.48. The standard InChI is InChI=1S/C20H20N2O4/c1-23-16-5-3-4-15(10-16)20-21-19(22-26-20)14-8-9-17(18(11-14)24-2)25-12-13-6-7-13/h3-5,8-11,13H,6-7,12H2,1-2H3. The minimum atomic E-state index is 0.437. The van der Waals surface area contributed by atoms with Gasteiger partial charge in [-0.15, -0.1) is 0 Å². The first-order valence-corrected chi connectivity index (χ1v) is 8.56. The minimum absolute atomic E-state index is 0.437. The maximum atomic E-state index is 5.84. The van der Waals surface area contributed by atoms with Gasteiger partial charge in [-0.3, -0.25) is 0 Å². The number of benzene rings is 2. The number of aromatic nitrogens is 2. The van der Waals surface area contributed by atoms with Gasteiger partial charge in [0.2, 0.25) is 5.82 Å². The van der Waals surface area contributed by atoms with Gasteiger partial charge in [0.15, 0.2) is 11.5 Å². The van der Waals surface area contributed by atoms with E-state index < -0.39 is 0 Å². The quantitative estimate of drug-likeness (QED) is 0.634. The van der Waals surface area contributed by atoms with Crippen LogP contribution in [0.4, 0.5) is 0 Å². The van der Waals surface area contributed by atoms with Crippen LogP contribution in [0, 0.1) is 5.92 Å². The molecular weight excluding hydrogens is 332 g/mol. The normalized spacial score (nSPS) is 13.5. The van der Waals surface area contributed by atoms with Gasteiger partial charge >= 0.3 is 0 Å². The van der Waals surface area contributed by atoms with E-state index in [1.54, 1.807) is 14.2 Å². The van der Waals surface area contributed by atoms with Crippen molar-refractivity contribution in [3.8, 4) is 40.1 Å². The summed E-state index contributed by atoms with van der Waals surface area (Å²) in [6, 6.07) is 13.2. The zero-order valence-electron chi connectivity index (χ0n) is 14.8. The predicted molar refractivity (Wildman–Crippen MR) is 96.5 cm³/mol. The van der Waals surface area contributed by atoms with Crippen LogP contribution in [0.15, 0.2) is 47.0 Å². The van der Waals surface area contributed by atoms with E-state index in [2.05, 4.69) is 10.1 Å². The summed E-state index contributed by atoms with van der Waals surface area (Å²) in [7, 11) is 3.25. The Hall–Kier alpha value is -3.02. The lowest BCUT2D eigenvalue weighted by atomic mass is 10.2. The third-order valence-electron chi connectivity index (χ3n) is 4.34. The molecule has 1 aromatic heterocycles. The Balaban J connectivity index is 1.58. The molecule has 0 spiro atoms. The molecule has 1 saturated carbocycles. The van der Waals surface area contributed by atoms with Crippen LogP contribution in [0.25, 0.3) is 22.8 Å². The van der Waals surface area contributed by atoms with Crippen molar-refractivity contribution in [2.24, 2.45) is 5.92 Å². The van der Waals surface area contributed by atoms with Crippen LogP contribution in [0.5, 0.6) is 17.2 Å². The summed E-state index contributed by atoms with van der Waals surface area (Å²) in [5, 5.41) is 4.08. The van der Waals surface area contributed by atoms with Gasteiger partial charge in [-0.1, -0.05) is 11.2 Å². The Labute approximate surface area is 151 Å². The molecule has 0 radical (unpaired) electrons. The van der Waals surface area contributed by atoms with Crippen molar-refractivity contribution in [2.45, 2.75) is 12.8 Å². The van der Waals surface area contributed by atoms with Gasteiger partial charge in [-0.2, -0.15) is 4.98 Å². The van der Waals surface area contributed by atoms with Crippen molar-refractivity contribution in [3.63, 3.8) is 0 Å². The fraction of sp³-hybridized carbons (Fsp3) is 0.300. The van der Waals surface area contributed by atoms with Crippen molar-refractivity contribution in [1.29, 1.82) is 0 Å². The van der Waals surface area contributed by atoms with Gasteiger partial charge in [-0.25, -0.2) is 0 Å². The third-order valence-corrected chi connectivity index (χ3v) is 4.34. The Bertz CT molecular complexity index is 902. The molecule has 6 heteroatoms. The summed E-state index contributed by atoms with van der Waals surface area (Å²) in [6.07, 6.45) is 2.49. The lowest BCUT2D eigenvalue weighted by Gasteiger charge is -2.10. The van der Waals surface area contributed by atoms with Crippen LogP contribution >= 0.6 is 0 Å². The summed E-state index contributed by atoms with van der Waals surface area (Å²) in [5.74, 6) is 3.75. The molecule has 0 aliphatic heterocycles. The number of nitrogens with zero attached hydrogens (tertiary/aromatic N) is 2. The summed E-state index contributed by atoms with van der Waals surface area (Å²) in [5.41, 5.74) is 1.61. The fourth-order valence-corrected chi connectivity index (χ4v) is 2.63. The molecule has 0 unspecified atom stereocenters. The van der Waals surface area contributed by atoms with Crippen LogP contribution in [0.1, 0.15) is 12.8 Å². The van der Waals surface area contributed by atoms with Gasteiger partial charge < -0.3 is 18.7 Å². The molecule has 1 fully saturated rings. The molecule has 6 nitrogen and oxygen atoms in total. The Morgan fingerprint density at radius 1 is 1.00 bits per heavy atom. The number of ether oxygens (including phenoxy) is 3. The van der Waals surface area contributed by atoms with E-state index in [1.807, 2.05) is 42.5 Å². The monoisotopic (exact) mass is 352 g/mol. The highest BCUT2D eigenvalue weighted by atomic mass is 16.5. The minimum Gasteiger partial charge on any atom is -0.497 e. The highest BCUT2D eigenvalue weighted by Crippen LogP contribution is 2.35. The smallest absolute Gasteiger partial charge is 0.258 e. The molecule has 26 heavy (non-hydrogen) atoms. The largest absolute Gasteiger partial charge is 0.497 e. The first-order valence-electron chi connectivity index (χ1n) is 8.56. The van der Waals surface area contributed by atoms with Gasteiger partial charge in [0.1, 0.15) is 5.75 Å². The second kappa shape index (κ2) is 7.07. The van der Waals surface area contributed by atoms with Crippen LogP contribution in [-0.4, -0.2) is 31.0 Å². The Morgan fingerprint density at radius 3 is 2.65 bits per heavy atom. The molecule has 0 bridgehead atoms. The fourth-order valence-electron chi connectivity index (χ4n) is 2.63. The average Bonchev–Trinajstić information content (AvgIpc) is 3.39. The number of hydrogen-bond acceptors (Lipinski definition) is 6. The maximum absolute atomic E-state index is 5.84. The molecule has 0 atom stereocenters. The predicted octanol–water partition coefficient (Wildman–Crippen LogP) is 4.21. The number of rotatable bonds is 7. The third kappa shape index (κ3) is 3.49. The summed E-state index contributed by atoms with van der Waals surface area (Å²) in [4.78, 5) is 4.49. The van der Waals surface area contributed by atoms with Gasteiger partial charge in [0, 0.05) is 11.1 Å². The van der Waals surface area contributed by atoms with E-state index in [-0.39, 0.29) is 0 Å². The van der Waals surface area contributed by atoms with Gasteiger partial charge in [0.25, 0.3) is 5.89 Å². The molecule has 4 rings (SSSR count). The zero-order chi connectivity index (χ0) is 17.9. The van der Waals surface area contributed by atoms with Gasteiger partial charge in [-0.05, 0) is 55.2 Å². The van der Waals surface area contributed by atoms with Crippen molar-refractivity contribution >= 4 is 0 Å². The van der Waals surface area contributed by atoms with Crippen LogP contribution in [0.2, 0.25) is 0 Å². The summed E-state index contributed by atoms with van der Waals surface area (Å²) in [6.45, 7) is 0.734. The number of hydrogen-bond donors (Lipinski definition) is 0. The summed E-state index contributed by atoms with van der Waals surface area (Å²) >= 11 is 0. The lowest BCUT2D eigenvalue weighted by Crippen LogP contribution is -2.01. The van der Waals surface area contributed by atoms with E-state index in [9.17, 15) is 0 Å². The second-order valence-corrected chi connectivity index (χ2v) is 6.28. The molecule has 1 heterocycles. The average molecular weight is 352 g/mol. The molecule has 1 aliphatic rings. The van der Waals surface area contributed by atoms with E-state index in [4.69, 9.17) is 18.7 Å². The highest BCUT2D eigenvalue weighted by molar-refractivity contribution is 5.64. The van der Waals surface area contributed by atoms with Crippen molar-refractivity contribution in [1.82, 2.24) is 10.1 Å². The lowest BCUT2D eigenvalue weighted by molar-refractivity contribution is 0.280. The van der Waals surface area contributed by atoms with Gasteiger partial charge in [0.05, 0.1) is 20.8 Å². The molecule has 0 amide bonds.